The number of benzene rings is 4. The van der Waals surface area contributed by atoms with Crippen LogP contribution < -0.4 is 5.32 Å². The van der Waals surface area contributed by atoms with Crippen LogP contribution in [0.2, 0.25) is 0 Å². The van der Waals surface area contributed by atoms with E-state index in [1.807, 2.05) is 36.4 Å². The van der Waals surface area contributed by atoms with Crippen LogP contribution in [0.5, 0.6) is 0 Å². The quantitative estimate of drug-likeness (QED) is 0.248. The smallest absolute Gasteiger partial charge is 0.0952 e. The summed E-state index contributed by atoms with van der Waals surface area (Å²) in [6, 6.07) is 37.2. The Kier molecular flexibility index (Phi) is 5.58. The minimum absolute atomic E-state index is 0.0192. The standard InChI is InChI=1S/C30H25BrN2O/c31-22-17-15-20(16-18-22)27-28-26(23-13-7-8-14-24(23)32-28)25(19-9-3-1-4-10-19)29(33-27)30(34)21-11-5-2-6-12-21/h1-18,25,27,29-30,32-34H/t25-,27+,29+,30+/m1/s1. The first-order chi connectivity index (χ1) is 16.7. The van der Waals surface area contributed by atoms with E-state index in [2.05, 4.69) is 99.0 Å². The average molecular weight is 509 g/mol. The van der Waals surface area contributed by atoms with Crippen molar-refractivity contribution in [2.75, 3.05) is 0 Å². The Hall–Kier alpha value is -3.18. The van der Waals surface area contributed by atoms with E-state index < -0.39 is 6.10 Å². The van der Waals surface area contributed by atoms with Crippen molar-refractivity contribution < 1.29 is 5.11 Å². The van der Waals surface area contributed by atoms with Crippen molar-refractivity contribution in [1.82, 2.24) is 10.3 Å². The van der Waals surface area contributed by atoms with Gasteiger partial charge in [-0.3, -0.25) is 5.32 Å². The van der Waals surface area contributed by atoms with E-state index in [0.29, 0.717) is 0 Å². The molecule has 0 fully saturated rings. The number of aliphatic hydroxyl groups excluding tert-OH is 1. The zero-order valence-electron chi connectivity index (χ0n) is 18.5. The molecule has 2 heterocycles. The van der Waals surface area contributed by atoms with Gasteiger partial charge >= 0.3 is 0 Å². The molecular formula is C30H25BrN2O. The van der Waals surface area contributed by atoms with E-state index in [1.165, 1.54) is 16.5 Å². The van der Waals surface area contributed by atoms with Crippen molar-refractivity contribution in [1.29, 1.82) is 0 Å². The average Bonchev–Trinajstić information content (AvgIpc) is 3.28. The maximum Gasteiger partial charge on any atom is 0.0952 e. The minimum atomic E-state index is -0.675. The first-order valence-corrected chi connectivity index (χ1v) is 12.4. The van der Waals surface area contributed by atoms with Gasteiger partial charge < -0.3 is 10.1 Å². The number of halogens is 1. The van der Waals surface area contributed by atoms with Gasteiger partial charge in [0.2, 0.25) is 0 Å². The van der Waals surface area contributed by atoms with Crippen LogP contribution in [0.15, 0.2) is 114 Å². The predicted molar refractivity (Wildman–Crippen MR) is 141 cm³/mol. The van der Waals surface area contributed by atoms with Crippen LogP contribution in [0, 0.1) is 0 Å². The lowest BCUT2D eigenvalue weighted by atomic mass is 9.75. The molecule has 5 aromatic rings. The SMILES string of the molecule is O[C@@H](c1ccccc1)[C@H]1N[C@@H](c2ccc(Br)cc2)c2[nH]c3ccccc3c2[C@H]1c1ccccc1. The molecule has 0 aliphatic carbocycles. The highest BCUT2D eigenvalue weighted by atomic mass is 79.9. The second-order valence-corrected chi connectivity index (χ2v) is 9.83. The fraction of sp³-hybridized carbons (Fsp3) is 0.133. The number of rotatable bonds is 4. The van der Waals surface area contributed by atoms with Crippen molar-refractivity contribution in [3.63, 3.8) is 0 Å². The largest absolute Gasteiger partial charge is 0.387 e. The molecular weight excluding hydrogens is 484 g/mol. The Bertz CT molecular complexity index is 1410. The summed E-state index contributed by atoms with van der Waals surface area (Å²) < 4.78 is 1.05. The molecule has 0 spiro atoms. The zero-order valence-corrected chi connectivity index (χ0v) is 20.1. The molecule has 0 saturated carbocycles. The van der Waals surface area contributed by atoms with Crippen LogP contribution in [0.25, 0.3) is 10.9 Å². The Balaban J connectivity index is 1.60. The summed E-state index contributed by atoms with van der Waals surface area (Å²) in [5.74, 6) is -0.0192. The number of hydrogen-bond donors (Lipinski definition) is 3. The van der Waals surface area contributed by atoms with Crippen LogP contribution in [-0.4, -0.2) is 16.1 Å². The first kappa shape index (κ1) is 21.4. The highest BCUT2D eigenvalue weighted by Gasteiger charge is 2.42. The number of para-hydroxylation sites is 1. The summed E-state index contributed by atoms with van der Waals surface area (Å²) in [6.45, 7) is 0. The first-order valence-electron chi connectivity index (χ1n) is 11.6. The third kappa shape index (κ3) is 3.68. The molecule has 34 heavy (non-hydrogen) atoms. The van der Waals surface area contributed by atoms with Crippen LogP contribution in [-0.2, 0) is 0 Å². The van der Waals surface area contributed by atoms with Crippen molar-refractivity contribution in [3.8, 4) is 0 Å². The maximum absolute atomic E-state index is 11.7. The highest BCUT2D eigenvalue weighted by molar-refractivity contribution is 9.10. The molecule has 3 N–H and O–H groups in total. The van der Waals surface area contributed by atoms with Gasteiger partial charge in [0.05, 0.1) is 12.1 Å². The van der Waals surface area contributed by atoms with E-state index >= 15 is 0 Å². The monoisotopic (exact) mass is 508 g/mol. The molecule has 4 atom stereocenters. The summed E-state index contributed by atoms with van der Waals surface area (Å²) in [4.78, 5) is 3.72. The molecule has 1 aliphatic heterocycles. The summed E-state index contributed by atoms with van der Waals surface area (Å²) >= 11 is 3.57. The van der Waals surface area contributed by atoms with Crippen molar-refractivity contribution in [2.45, 2.75) is 24.1 Å². The van der Waals surface area contributed by atoms with Gasteiger partial charge in [0.1, 0.15) is 0 Å². The van der Waals surface area contributed by atoms with Gasteiger partial charge in [-0.25, -0.2) is 0 Å². The normalized spacial score (nSPS) is 20.7. The van der Waals surface area contributed by atoms with Crippen LogP contribution in [0.1, 0.15) is 46.0 Å². The van der Waals surface area contributed by atoms with E-state index in [0.717, 1.165) is 26.8 Å². The number of aliphatic hydroxyl groups is 1. The highest BCUT2D eigenvalue weighted by Crippen LogP contribution is 2.46. The molecule has 1 aromatic heterocycles. The van der Waals surface area contributed by atoms with Gasteiger partial charge in [-0.15, -0.1) is 0 Å². The molecule has 3 nitrogen and oxygen atoms in total. The summed E-state index contributed by atoms with van der Waals surface area (Å²) in [5.41, 5.74) is 6.80. The third-order valence-electron chi connectivity index (χ3n) is 6.94. The lowest BCUT2D eigenvalue weighted by Crippen LogP contribution is -2.47. The fourth-order valence-electron chi connectivity index (χ4n) is 5.38. The number of fused-ring (bicyclic) bond motifs is 3. The van der Waals surface area contributed by atoms with Crippen molar-refractivity contribution >= 4 is 26.8 Å². The fourth-order valence-corrected chi connectivity index (χ4v) is 5.65. The lowest BCUT2D eigenvalue weighted by molar-refractivity contribution is 0.110. The minimum Gasteiger partial charge on any atom is -0.387 e. The van der Waals surface area contributed by atoms with E-state index in [9.17, 15) is 5.11 Å². The van der Waals surface area contributed by atoms with Gasteiger partial charge in [0, 0.05) is 33.0 Å². The van der Waals surface area contributed by atoms with Gasteiger partial charge in [0.25, 0.3) is 0 Å². The molecule has 0 bridgehead atoms. The van der Waals surface area contributed by atoms with E-state index in [-0.39, 0.29) is 18.0 Å². The molecule has 168 valence electrons. The molecule has 4 heteroatoms. The van der Waals surface area contributed by atoms with Gasteiger partial charge in [-0.1, -0.05) is 107 Å². The number of hydrogen-bond acceptors (Lipinski definition) is 2. The lowest BCUT2D eigenvalue weighted by Gasteiger charge is -2.41. The molecule has 4 aromatic carbocycles. The number of aromatic amines is 1. The molecule has 0 amide bonds. The second-order valence-electron chi connectivity index (χ2n) is 8.92. The van der Waals surface area contributed by atoms with Crippen LogP contribution in [0.3, 0.4) is 0 Å². The van der Waals surface area contributed by atoms with Gasteiger partial charge in [-0.05, 0) is 40.5 Å². The Morgan fingerprint density at radius 2 is 1.35 bits per heavy atom. The molecule has 0 unspecified atom stereocenters. The third-order valence-corrected chi connectivity index (χ3v) is 7.47. The van der Waals surface area contributed by atoms with Crippen LogP contribution in [0.4, 0.5) is 0 Å². The Morgan fingerprint density at radius 3 is 2.09 bits per heavy atom. The topological polar surface area (TPSA) is 48.0 Å². The van der Waals surface area contributed by atoms with Gasteiger partial charge in [0.15, 0.2) is 0 Å². The van der Waals surface area contributed by atoms with Crippen molar-refractivity contribution in [2.24, 2.45) is 0 Å². The second kappa shape index (κ2) is 8.88. The van der Waals surface area contributed by atoms with Gasteiger partial charge in [-0.2, -0.15) is 0 Å². The van der Waals surface area contributed by atoms with E-state index in [4.69, 9.17) is 0 Å². The number of nitrogens with one attached hydrogen (secondary N) is 2. The van der Waals surface area contributed by atoms with Crippen molar-refractivity contribution in [3.05, 3.63) is 142 Å². The summed E-state index contributed by atoms with van der Waals surface area (Å²) in [7, 11) is 0. The molecule has 1 aliphatic rings. The summed E-state index contributed by atoms with van der Waals surface area (Å²) in [6.07, 6.45) is -0.675. The predicted octanol–water partition coefficient (Wildman–Crippen LogP) is 6.86. The Morgan fingerprint density at radius 1 is 0.706 bits per heavy atom. The molecule has 0 radical (unpaired) electrons. The molecule has 0 saturated heterocycles. The van der Waals surface area contributed by atoms with E-state index in [1.54, 1.807) is 0 Å². The Labute approximate surface area is 207 Å². The molecule has 6 rings (SSSR count). The number of H-pyrrole nitrogens is 1. The maximum atomic E-state index is 11.7. The van der Waals surface area contributed by atoms with Crippen LogP contribution >= 0.6 is 15.9 Å². The summed E-state index contributed by atoms with van der Waals surface area (Å²) in [5, 5.41) is 16.8. The number of aromatic nitrogens is 1. The zero-order chi connectivity index (χ0) is 23.1.